The van der Waals surface area contributed by atoms with Gasteiger partial charge in [0, 0.05) is 6.04 Å². The van der Waals surface area contributed by atoms with Crippen LogP contribution in [0.4, 0.5) is 0 Å². The zero-order valence-corrected chi connectivity index (χ0v) is 11.6. The molecule has 1 unspecified atom stereocenters. The van der Waals surface area contributed by atoms with E-state index in [0.717, 1.165) is 0 Å². The topological polar surface area (TPSA) is 3.24 Å². The largest absolute Gasteiger partial charge is 0.303 e. The van der Waals surface area contributed by atoms with Gasteiger partial charge in [-0.25, -0.2) is 0 Å². The fourth-order valence-electron chi connectivity index (χ4n) is 2.31. The molecule has 1 atom stereocenters. The van der Waals surface area contributed by atoms with Crippen molar-refractivity contribution < 1.29 is 0 Å². The number of nitrogens with zero attached hydrogens (tertiary/aromatic N) is 1. The molecule has 2 aromatic carbocycles. The van der Waals surface area contributed by atoms with Crippen molar-refractivity contribution in [3.05, 3.63) is 59.7 Å². The Balaban J connectivity index is 2.49. The third-order valence-corrected chi connectivity index (χ3v) is 3.69. The molecule has 0 aliphatic rings. The lowest BCUT2D eigenvalue weighted by molar-refractivity contribution is 0.320. The maximum Gasteiger partial charge on any atom is 0.0316 e. The summed E-state index contributed by atoms with van der Waals surface area (Å²) in [6, 6.07) is 17.6. The van der Waals surface area contributed by atoms with Gasteiger partial charge in [0.2, 0.25) is 0 Å². The summed E-state index contributed by atoms with van der Waals surface area (Å²) in [5.41, 5.74) is 5.41. The quantitative estimate of drug-likeness (QED) is 0.772. The molecule has 0 radical (unpaired) electrons. The van der Waals surface area contributed by atoms with Crippen molar-refractivity contribution in [1.29, 1.82) is 0 Å². The van der Waals surface area contributed by atoms with Crippen molar-refractivity contribution in [2.45, 2.75) is 19.9 Å². The van der Waals surface area contributed by atoms with Crippen LogP contribution in [0.2, 0.25) is 0 Å². The van der Waals surface area contributed by atoms with E-state index in [-0.39, 0.29) is 0 Å². The van der Waals surface area contributed by atoms with Crippen LogP contribution in [0.25, 0.3) is 11.1 Å². The van der Waals surface area contributed by atoms with Crippen molar-refractivity contribution >= 4 is 0 Å². The van der Waals surface area contributed by atoms with Crippen LogP contribution >= 0.6 is 0 Å². The van der Waals surface area contributed by atoms with Crippen LogP contribution in [0.1, 0.15) is 24.1 Å². The van der Waals surface area contributed by atoms with Crippen LogP contribution in [0.15, 0.2) is 48.5 Å². The standard InChI is InChI=1S/C17H21N/c1-13-16(14(2)18(3)4)11-8-12-17(13)15-9-6-5-7-10-15/h5-12,14H,1-4H3. The predicted octanol–water partition coefficient (Wildman–Crippen LogP) is 4.28. The molecule has 1 heteroatoms. The lowest BCUT2D eigenvalue weighted by Crippen LogP contribution is -2.17. The number of hydrogen-bond donors (Lipinski definition) is 0. The van der Waals surface area contributed by atoms with Gasteiger partial charge in [-0.3, -0.25) is 0 Å². The monoisotopic (exact) mass is 239 g/mol. The molecule has 2 rings (SSSR count). The minimum absolute atomic E-state index is 0.439. The highest BCUT2D eigenvalue weighted by atomic mass is 15.1. The van der Waals surface area contributed by atoms with Crippen LogP contribution in [0.3, 0.4) is 0 Å². The molecular weight excluding hydrogens is 218 g/mol. The highest BCUT2D eigenvalue weighted by Crippen LogP contribution is 2.30. The van der Waals surface area contributed by atoms with Crippen LogP contribution in [0.5, 0.6) is 0 Å². The molecule has 1 nitrogen and oxygen atoms in total. The summed E-state index contributed by atoms with van der Waals surface area (Å²) in [6.45, 7) is 4.47. The molecular formula is C17H21N. The lowest BCUT2D eigenvalue weighted by Gasteiger charge is -2.23. The van der Waals surface area contributed by atoms with Crippen molar-refractivity contribution in [3.63, 3.8) is 0 Å². The summed E-state index contributed by atoms with van der Waals surface area (Å²) in [5.74, 6) is 0. The Labute approximate surface area is 110 Å². The third kappa shape index (κ3) is 2.46. The molecule has 0 saturated heterocycles. The van der Waals surface area contributed by atoms with Crippen molar-refractivity contribution in [3.8, 4) is 11.1 Å². The zero-order valence-electron chi connectivity index (χ0n) is 11.6. The molecule has 0 heterocycles. The maximum absolute atomic E-state index is 2.25. The van der Waals surface area contributed by atoms with Gasteiger partial charge in [0.1, 0.15) is 0 Å². The summed E-state index contributed by atoms with van der Waals surface area (Å²) >= 11 is 0. The summed E-state index contributed by atoms with van der Waals surface area (Å²) in [7, 11) is 4.25. The fourth-order valence-corrected chi connectivity index (χ4v) is 2.31. The molecule has 94 valence electrons. The fraction of sp³-hybridized carbons (Fsp3) is 0.294. The smallest absolute Gasteiger partial charge is 0.0316 e. The second-order valence-corrected chi connectivity index (χ2v) is 5.03. The number of benzene rings is 2. The average Bonchev–Trinajstić information content (AvgIpc) is 2.39. The van der Waals surface area contributed by atoms with Gasteiger partial charge in [-0.1, -0.05) is 48.5 Å². The molecule has 2 aromatic rings. The van der Waals surface area contributed by atoms with Crippen LogP contribution in [-0.2, 0) is 0 Å². The SMILES string of the molecule is Cc1c(-c2ccccc2)cccc1C(C)N(C)C. The number of rotatable bonds is 3. The van der Waals surface area contributed by atoms with Gasteiger partial charge in [-0.2, -0.15) is 0 Å². The van der Waals surface area contributed by atoms with Gasteiger partial charge in [0.25, 0.3) is 0 Å². The molecule has 0 amide bonds. The first kappa shape index (κ1) is 12.8. The van der Waals surface area contributed by atoms with E-state index in [0.29, 0.717) is 6.04 Å². The van der Waals surface area contributed by atoms with E-state index in [1.165, 1.54) is 22.3 Å². The summed E-state index contributed by atoms with van der Waals surface area (Å²) in [5, 5.41) is 0. The first-order chi connectivity index (χ1) is 8.61. The van der Waals surface area contributed by atoms with Gasteiger partial charge in [-0.05, 0) is 50.2 Å². The van der Waals surface area contributed by atoms with Crippen LogP contribution < -0.4 is 0 Å². The molecule has 0 aliphatic heterocycles. The van der Waals surface area contributed by atoms with Gasteiger partial charge < -0.3 is 4.90 Å². The molecule has 0 bridgehead atoms. The summed E-state index contributed by atoms with van der Waals surface area (Å²) in [4.78, 5) is 2.25. The van der Waals surface area contributed by atoms with Crippen LogP contribution in [0, 0.1) is 6.92 Å². The average molecular weight is 239 g/mol. The highest BCUT2D eigenvalue weighted by Gasteiger charge is 2.13. The van der Waals surface area contributed by atoms with Gasteiger partial charge in [-0.15, -0.1) is 0 Å². The Morgan fingerprint density at radius 1 is 0.889 bits per heavy atom. The Kier molecular flexibility index (Phi) is 3.83. The Hall–Kier alpha value is -1.60. The molecule has 0 fully saturated rings. The van der Waals surface area contributed by atoms with Gasteiger partial charge in [0.05, 0.1) is 0 Å². The summed E-state index contributed by atoms with van der Waals surface area (Å²) < 4.78 is 0. The normalized spacial score (nSPS) is 12.7. The van der Waals surface area contributed by atoms with Crippen LogP contribution in [-0.4, -0.2) is 19.0 Å². The second kappa shape index (κ2) is 5.36. The van der Waals surface area contributed by atoms with Gasteiger partial charge in [0.15, 0.2) is 0 Å². The van der Waals surface area contributed by atoms with E-state index in [1.54, 1.807) is 0 Å². The van der Waals surface area contributed by atoms with Gasteiger partial charge >= 0.3 is 0 Å². The minimum atomic E-state index is 0.439. The summed E-state index contributed by atoms with van der Waals surface area (Å²) in [6.07, 6.45) is 0. The first-order valence-corrected chi connectivity index (χ1v) is 6.42. The van der Waals surface area contributed by atoms with Crippen molar-refractivity contribution in [1.82, 2.24) is 4.90 Å². The van der Waals surface area contributed by atoms with Crippen molar-refractivity contribution in [2.24, 2.45) is 0 Å². The molecule has 0 saturated carbocycles. The Bertz CT molecular complexity index is 514. The highest BCUT2D eigenvalue weighted by molar-refractivity contribution is 5.68. The zero-order chi connectivity index (χ0) is 13.1. The van der Waals surface area contributed by atoms with E-state index in [4.69, 9.17) is 0 Å². The molecule has 0 N–H and O–H groups in total. The number of hydrogen-bond acceptors (Lipinski definition) is 1. The van der Waals surface area contributed by atoms with E-state index >= 15 is 0 Å². The van der Waals surface area contributed by atoms with E-state index in [1.807, 2.05) is 0 Å². The lowest BCUT2D eigenvalue weighted by atomic mass is 9.93. The second-order valence-electron chi connectivity index (χ2n) is 5.03. The molecule has 18 heavy (non-hydrogen) atoms. The van der Waals surface area contributed by atoms with E-state index in [2.05, 4.69) is 81.4 Å². The van der Waals surface area contributed by atoms with Crippen molar-refractivity contribution in [2.75, 3.05) is 14.1 Å². The van der Waals surface area contributed by atoms with E-state index in [9.17, 15) is 0 Å². The Morgan fingerprint density at radius 3 is 2.17 bits per heavy atom. The third-order valence-electron chi connectivity index (χ3n) is 3.69. The Morgan fingerprint density at radius 2 is 1.56 bits per heavy atom. The molecule has 0 spiro atoms. The predicted molar refractivity (Wildman–Crippen MR) is 78.7 cm³/mol. The minimum Gasteiger partial charge on any atom is -0.303 e. The molecule has 0 aliphatic carbocycles. The maximum atomic E-state index is 2.25. The first-order valence-electron chi connectivity index (χ1n) is 6.42. The van der Waals surface area contributed by atoms with E-state index < -0.39 is 0 Å². The molecule has 0 aromatic heterocycles.